The van der Waals surface area contributed by atoms with Gasteiger partial charge in [-0.1, -0.05) is 42.5 Å². The number of carbonyl (C=O) groups excluding carboxylic acids is 1. The van der Waals surface area contributed by atoms with Crippen LogP contribution in [-0.4, -0.2) is 50.6 Å². The molecule has 0 spiro atoms. The summed E-state index contributed by atoms with van der Waals surface area (Å²) in [5, 5.41) is 11.2. The number of rotatable bonds is 4. The third-order valence-electron chi connectivity index (χ3n) is 4.99. The Labute approximate surface area is 163 Å². The van der Waals surface area contributed by atoms with E-state index in [0.717, 1.165) is 0 Å². The predicted octanol–water partition coefficient (Wildman–Crippen LogP) is 1.90. The van der Waals surface area contributed by atoms with E-state index in [9.17, 15) is 4.79 Å². The van der Waals surface area contributed by atoms with Crippen LogP contribution in [-0.2, 0) is 0 Å². The van der Waals surface area contributed by atoms with E-state index >= 15 is 0 Å². The van der Waals surface area contributed by atoms with E-state index in [0.29, 0.717) is 30.9 Å². The smallest absolute Gasteiger partial charge is 0.256 e. The zero-order valence-electron chi connectivity index (χ0n) is 14.7. The molecule has 0 aliphatic carbocycles. The van der Waals surface area contributed by atoms with Crippen molar-refractivity contribution in [2.75, 3.05) is 19.6 Å². The maximum Gasteiger partial charge on any atom is 0.256 e. The largest absolute Gasteiger partial charge is 0.338 e. The molecule has 27 heavy (non-hydrogen) atoms. The van der Waals surface area contributed by atoms with Crippen molar-refractivity contribution < 1.29 is 4.79 Å². The minimum Gasteiger partial charge on any atom is -0.338 e. The third-order valence-corrected chi connectivity index (χ3v) is 4.99. The summed E-state index contributed by atoms with van der Waals surface area (Å²) in [6.07, 6.45) is 1.49. The Kier molecular flexibility index (Phi) is 5.83. The molecule has 1 aliphatic rings. The number of likely N-dealkylation sites (tertiary alicyclic amines) is 1. The molecule has 2 atom stereocenters. The molecular formula is C19H21ClN6O. The maximum atomic E-state index is 13.2. The van der Waals surface area contributed by atoms with Gasteiger partial charge in [-0.05, 0) is 40.6 Å². The first kappa shape index (κ1) is 19.0. The normalized spacial score (nSPS) is 18.9. The van der Waals surface area contributed by atoms with E-state index in [1.165, 1.54) is 16.6 Å². The van der Waals surface area contributed by atoms with Gasteiger partial charge in [-0.2, -0.15) is 4.68 Å². The van der Waals surface area contributed by atoms with Crippen molar-refractivity contribution in [3.05, 3.63) is 72.1 Å². The molecule has 8 heteroatoms. The highest BCUT2D eigenvalue weighted by molar-refractivity contribution is 5.98. The zero-order valence-corrected chi connectivity index (χ0v) is 15.5. The molecule has 1 aromatic heterocycles. The van der Waals surface area contributed by atoms with Gasteiger partial charge in [0.2, 0.25) is 0 Å². The predicted molar refractivity (Wildman–Crippen MR) is 104 cm³/mol. The lowest BCUT2D eigenvalue weighted by molar-refractivity contribution is 0.0786. The quantitative estimate of drug-likeness (QED) is 0.742. The van der Waals surface area contributed by atoms with Crippen molar-refractivity contribution >= 4 is 18.3 Å². The molecule has 0 saturated carbocycles. The second-order valence-corrected chi connectivity index (χ2v) is 6.49. The van der Waals surface area contributed by atoms with Gasteiger partial charge in [-0.15, -0.1) is 17.5 Å². The summed E-state index contributed by atoms with van der Waals surface area (Å²) >= 11 is 0. The fraction of sp³-hybridized carbons (Fsp3) is 0.263. The van der Waals surface area contributed by atoms with Gasteiger partial charge in [0.25, 0.3) is 5.91 Å². The number of tetrazole rings is 1. The van der Waals surface area contributed by atoms with Gasteiger partial charge in [-0.25, -0.2) is 0 Å². The lowest BCUT2D eigenvalue weighted by Crippen LogP contribution is -2.30. The Morgan fingerprint density at radius 2 is 1.81 bits per heavy atom. The maximum absolute atomic E-state index is 13.2. The van der Waals surface area contributed by atoms with Crippen LogP contribution in [0.3, 0.4) is 0 Å². The number of benzene rings is 2. The minimum absolute atomic E-state index is 0. The highest BCUT2D eigenvalue weighted by Gasteiger charge is 2.36. The highest BCUT2D eigenvalue weighted by atomic mass is 35.5. The first-order chi connectivity index (χ1) is 12.8. The molecule has 3 aromatic rings. The zero-order chi connectivity index (χ0) is 17.9. The molecule has 1 amide bonds. The van der Waals surface area contributed by atoms with Crippen LogP contribution in [0.5, 0.6) is 0 Å². The average molecular weight is 385 g/mol. The Morgan fingerprint density at radius 3 is 2.52 bits per heavy atom. The van der Waals surface area contributed by atoms with Gasteiger partial charge >= 0.3 is 0 Å². The number of para-hydroxylation sites is 1. The van der Waals surface area contributed by atoms with Crippen LogP contribution in [0.15, 0.2) is 60.9 Å². The summed E-state index contributed by atoms with van der Waals surface area (Å²) in [5.74, 6) is 0.486. The van der Waals surface area contributed by atoms with Gasteiger partial charge in [0.1, 0.15) is 6.33 Å². The summed E-state index contributed by atoms with van der Waals surface area (Å²) in [5.41, 5.74) is 8.49. The van der Waals surface area contributed by atoms with E-state index in [1.807, 2.05) is 47.4 Å². The van der Waals surface area contributed by atoms with Crippen LogP contribution in [0.1, 0.15) is 21.8 Å². The molecule has 0 bridgehead atoms. The number of nitrogens with two attached hydrogens (primary N) is 1. The molecule has 7 nitrogen and oxygen atoms in total. The molecule has 0 radical (unpaired) electrons. The summed E-state index contributed by atoms with van der Waals surface area (Å²) in [6.45, 7) is 1.87. The number of hydrogen-bond donors (Lipinski definition) is 1. The van der Waals surface area contributed by atoms with Gasteiger partial charge < -0.3 is 10.6 Å². The van der Waals surface area contributed by atoms with Crippen LogP contribution in [0.2, 0.25) is 0 Å². The monoisotopic (exact) mass is 384 g/mol. The lowest BCUT2D eigenvalue weighted by Gasteiger charge is -2.18. The highest BCUT2D eigenvalue weighted by Crippen LogP contribution is 2.33. The van der Waals surface area contributed by atoms with Crippen molar-refractivity contribution in [2.45, 2.75) is 5.92 Å². The summed E-state index contributed by atoms with van der Waals surface area (Å²) in [4.78, 5) is 15.1. The van der Waals surface area contributed by atoms with Gasteiger partial charge in [0, 0.05) is 19.0 Å². The fourth-order valence-electron chi connectivity index (χ4n) is 3.65. The Balaban J connectivity index is 0.00000210. The van der Waals surface area contributed by atoms with Crippen molar-refractivity contribution in [3.8, 4) is 5.69 Å². The third kappa shape index (κ3) is 3.70. The Morgan fingerprint density at radius 1 is 1.07 bits per heavy atom. The first-order valence-corrected chi connectivity index (χ1v) is 8.64. The SMILES string of the molecule is Cl.NC[C@@H]1CN(C(=O)c2ccccc2-n2cnnn2)C[C@H]1c1ccccc1. The molecule has 1 saturated heterocycles. The summed E-state index contributed by atoms with van der Waals surface area (Å²) in [6, 6.07) is 17.6. The lowest BCUT2D eigenvalue weighted by atomic mass is 9.89. The molecule has 4 rings (SSSR count). The van der Waals surface area contributed by atoms with Gasteiger partial charge in [-0.3, -0.25) is 4.79 Å². The summed E-state index contributed by atoms with van der Waals surface area (Å²) in [7, 11) is 0. The van der Waals surface area contributed by atoms with Crippen molar-refractivity contribution in [2.24, 2.45) is 11.7 Å². The number of nitrogens with zero attached hydrogens (tertiary/aromatic N) is 5. The number of carbonyl (C=O) groups is 1. The van der Waals surface area contributed by atoms with E-state index in [2.05, 4.69) is 27.7 Å². The van der Waals surface area contributed by atoms with Crippen LogP contribution >= 0.6 is 12.4 Å². The van der Waals surface area contributed by atoms with E-state index in [-0.39, 0.29) is 30.2 Å². The van der Waals surface area contributed by atoms with Crippen molar-refractivity contribution in [1.82, 2.24) is 25.1 Å². The molecular weight excluding hydrogens is 364 g/mol. The fourth-order valence-corrected chi connectivity index (χ4v) is 3.65. The Hall–Kier alpha value is -2.77. The molecule has 1 fully saturated rings. The number of amides is 1. The standard InChI is InChI=1S/C19H20N6O.ClH/c20-10-15-11-24(12-17(15)14-6-2-1-3-7-14)19(26)16-8-4-5-9-18(16)25-13-21-22-23-25;/h1-9,13,15,17H,10-12,20H2;1H/t15-,17+;/m1./s1. The molecule has 0 unspecified atom stereocenters. The molecule has 2 heterocycles. The summed E-state index contributed by atoms with van der Waals surface area (Å²) < 4.78 is 1.51. The van der Waals surface area contributed by atoms with Crippen molar-refractivity contribution in [3.63, 3.8) is 0 Å². The second-order valence-electron chi connectivity index (χ2n) is 6.49. The average Bonchev–Trinajstić information content (AvgIpc) is 3.38. The minimum atomic E-state index is -0.0204. The first-order valence-electron chi connectivity index (χ1n) is 8.64. The number of aromatic nitrogens is 4. The van der Waals surface area contributed by atoms with Crippen LogP contribution in [0.25, 0.3) is 5.69 Å². The number of halogens is 1. The van der Waals surface area contributed by atoms with Crippen molar-refractivity contribution in [1.29, 1.82) is 0 Å². The number of hydrogen-bond acceptors (Lipinski definition) is 5. The van der Waals surface area contributed by atoms with Crippen LogP contribution < -0.4 is 5.73 Å². The topological polar surface area (TPSA) is 89.9 Å². The second kappa shape index (κ2) is 8.28. The van der Waals surface area contributed by atoms with Crippen LogP contribution in [0.4, 0.5) is 0 Å². The van der Waals surface area contributed by atoms with E-state index in [1.54, 1.807) is 0 Å². The molecule has 140 valence electrons. The molecule has 1 aliphatic heterocycles. The van der Waals surface area contributed by atoms with E-state index in [4.69, 9.17) is 5.73 Å². The van der Waals surface area contributed by atoms with Gasteiger partial charge in [0.15, 0.2) is 0 Å². The van der Waals surface area contributed by atoms with Gasteiger partial charge in [0.05, 0.1) is 11.3 Å². The molecule has 2 aromatic carbocycles. The van der Waals surface area contributed by atoms with Crippen LogP contribution in [0, 0.1) is 5.92 Å². The Bertz CT molecular complexity index is 886. The molecule has 2 N–H and O–H groups in total. The van der Waals surface area contributed by atoms with E-state index < -0.39 is 0 Å².